The first-order valence-corrected chi connectivity index (χ1v) is 5.06. The molecule has 4 heteroatoms. The smallest absolute Gasteiger partial charge is 0.221 e. The Balaban J connectivity index is 3.08. The molecule has 0 atom stereocenters. The summed E-state index contributed by atoms with van der Waals surface area (Å²) in [5.41, 5.74) is 0.746. The van der Waals surface area contributed by atoms with E-state index in [4.69, 9.17) is 0 Å². The van der Waals surface area contributed by atoms with Gasteiger partial charge < -0.3 is 10.4 Å². The number of anilines is 1. The fourth-order valence-electron chi connectivity index (χ4n) is 1.33. The molecule has 0 aliphatic carbocycles. The summed E-state index contributed by atoms with van der Waals surface area (Å²) >= 11 is 0. The lowest BCUT2D eigenvalue weighted by Gasteiger charge is -2.09. The standard InChI is InChI=1S/C12H15NO3/c1-7(2)12(16)10-6-9(13-8(3)14)4-5-11(10)15/h4-7,15H,1-3H3,(H,13,14). The quantitative estimate of drug-likeness (QED) is 0.607. The maximum absolute atomic E-state index is 11.7. The van der Waals surface area contributed by atoms with Gasteiger partial charge in [-0.1, -0.05) is 13.8 Å². The molecule has 0 bridgehead atoms. The van der Waals surface area contributed by atoms with Crippen molar-refractivity contribution in [1.29, 1.82) is 0 Å². The molecule has 0 aliphatic rings. The van der Waals surface area contributed by atoms with Crippen LogP contribution >= 0.6 is 0 Å². The van der Waals surface area contributed by atoms with Crippen molar-refractivity contribution in [2.24, 2.45) is 5.92 Å². The zero-order valence-corrected chi connectivity index (χ0v) is 9.57. The first-order chi connectivity index (χ1) is 7.41. The molecule has 0 aliphatic heterocycles. The summed E-state index contributed by atoms with van der Waals surface area (Å²) in [6.45, 7) is 4.90. The van der Waals surface area contributed by atoms with Gasteiger partial charge in [-0.15, -0.1) is 0 Å². The van der Waals surface area contributed by atoms with E-state index in [1.165, 1.54) is 19.1 Å². The first kappa shape index (κ1) is 12.2. The number of carbonyl (C=O) groups is 2. The molecular weight excluding hydrogens is 206 g/mol. The second kappa shape index (κ2) is 4.79. The maximum atomic E-state index is 11.7. The molecule has 0 saturated carbocycles. The maximum Gasteiger partial charge on any atom is 0.221 e. The van der Waals surface area contributed by atoms with Crippen LogP contribution in [0.3, 0.4) is 0 Å². The molecule has 16 heavy (non-hydrogen) atoms. The van der Waals surface area contributed by atoms with Gasteiger partial charge >= 0.3 is 0 Å². The number of hydrogen-bond acceptors (Lipinski definition) is 3. The topological polar surface area (TPSA) is 66.4 Å². The van der Waals surface area contributed by atoms with Crippen LogP contribution in [0.25, 0.3) is 0 Å². The molecular formula is C12H15NO3. The Morgan fingerprint density at radius 1 is 1.31 bits per heavy atom. The predicted octanol–water partition coefficient (Wildman–Crippen LogP) is 2.19. The lowest BCUT2D eigenvalue weighted by atomic mass is 10.00. The van der Waals surface area contributed by atoms with Crippen molar-refractivity contribution in [2.75, 3.05) is 5.32 Å². The summed E-state index contributed by atoms with van der Waals surface area (Å²) in [6, 6.07) is 4.44. The minimum Gasteiger partial charge on any atom is -0.507 e. The monoisotopic (exact) mass is 221 g/mol. The number of carbonyl (C=O) groups excluding carboxylic acids is 2. The number of aromatic hydroxyl groups is 1. The van der Waals surface area contributed by atoms with Gasteiger partial charge in [0.15, 0.2) is 5.78 Å². The molecule has 0 heterocycles. The van der Waals surface area contributed by atoms with Crippen molar-refractivity contribution < 1.29 is 14.7 Å². The normalized spacial score (nSPS) is 10.2. The van der Waals surface area contributed by atoms with E-state index in [0.717, 1.165) is 0 Å². The number of phenolic OH excluding ortho intramolecular Hbond substituents is 1. The van der Waals surface area contributed by atoms with Crippen molar-refractivity contribution in [3.63, 3.8) is 0 Å². The predicted molar refractivity (Wildman–Crippen MR) is 61.6 cm³/mol. The summed E-state index contributed by atoms with van der Waals surface area (Å²) in [4.78, 5) is 22.6. The number of nitrogens with one attached hydrogen (secondary N) is 1. The molecule has 0 fully saturated rings. The van der Waals surface area contributed by atoms with Crippen LogP contribution in [0.15, 0.2) is 18.2 Å². The van der Waals surface area contributed by atoms with Gasteiger partial charge in [-0.2, -0.15) is 0 Å². The molecule has 86 valence electrons. The molecule has 0 saturated heterocycles. The first-order valence-electron chi connectivity index (χ1n) is 5.06. The van der Waals surface area contributed by atoms with Crippen LogP contribution in [0.1, 0.15) is 31.1 Å². The molecule has 1 aromatic carbocycles. The third-order valence-electron chi connectivity index (χ3n) is 2.11. The summed E-state index contributed by atoms with van der Waals surface area (Å²) in [6.07, 6.45) is 0. The lowest BCUT2D eigenvalue weighted by Crippen LogP contribution is -2.10. The zero-order valence-electron chi connectivity index (χ0n) is 9.57. The van der Waals surface area contributed by atoms with Crippen LogP contribution in [-0.2, 0) is 4.79 Å². The van der Waals surface area contributed by atoms with Crippen molar-refractivity contribution in [3.05, 3.63) is 23.8 Å². The van der Waals surface area contributed by atoms with E-state index in [-0.39, 0.29) is 28.9 Å². The van der Waals surface area contributed by atoms with Gasteiger partial charge in [-0.25, -0.2) is 0 Å². The average Bonchev–Trinajstić information content (AvgIpc) is 2.19. The van der Waals surface area contributed by atoms with Crippen LogP contribution < -0.4 is 5.32 Å². The van der Waals surface area contributed by atoms with E-state index in [2.05, 4.69) is 5.32 Å². The van der Waals surface area contributed by atoms with Crippen molar-refractivity contribution >= 4 is 17.4 Å². The van der Waals surface area contributed by atoms with E-state index in [0.29, 0.717) is 5.69 Å². The number of amides is 1. The number of phenols is 1. The Morgan fingerprint density at radius 2 is 1.94 bits per heavy atom. The second-order valence-electron chi connectivity index (χ2n) is 3.93. The Morgan fingerprint density at radius 3 is 2.44 bits per heavy atom. The molecule has 2 N–H and O–H groups in total. The van der Waals surface area contributed by atoms with E-state index in [9.17, 15) is 14.7 Å². The Bertz CT molecular complexity index is 424. The van der Waals surface area contributed by atoms with Crippen molar-refractivity contribution in [3.8, 4) is 5.75 Å². The van der Waals surface area contributed by atoms with E-state index < -0.39 is 0 Å². The van der Waals surface area contributed by atoms with Crippen molar-refractivity contribution in [2.45, 2.75) is 20.8 Å². The number of benzene rings is 1. The van der Waals surface area contributed by atoms with E-state index in [1.807, 2.05) is 0 Å². The Labute approximate surface area is 94.3 Å². The molecule has 0 aromatic heterocycles. The molecule has 1 rings (SSSR count). The molecule has 4 nitrogen and oxygen atoms in total. The van der Waals surface area contributed by atoms with Gasteiger partial charge in [0.25, 0.3) is 0 Å². The van der Waals surface area contributed by atoms with Gasteiger partial charge in [0.05, 0.1) is 5.56 Å². The molecule has 0 spiro atoms. The third kappa shape index (κ3) is 2.82. The highest BCUT2D eigenvalue weighted by atomic mass is 16.3. The molecule has 1 amide bonds. The lowest BCUT2D eigenvalue weighted by molar-refractivity contribution is -0.114. The van der Waals surface area contributed by atoms with Gasteiger partial charge in [-0.3, -0.25) is 9.59 Å². The molecule has 0 unspecified atom stereocenters. The third-order valence-corrected chi connectivity index (χ3v) is 2.11. The van der Waals surface area contributed by atoms with Crippen LogP contribution in [0.2, 0.25) is 0 Å². The number of rotatable bonds is 3. The number of Topliss-reactive ketones (excluding diaryl/α,β-unsaturated/α-hetero) is 1. The van der Waals surface area contributed by atoms with Crippen molar-refractivity contribution in [1.82, 2.24) is 0 Å². The Hall–Kier alpha value is -1.84. The van der Waals surface area contributed by atoms with E-state index in [1.54, 1.807) is 19.9 Å². The summed E-state index contributed by atoms with van der Waals surface area (Å²) in [5, 5.41) is 12.1. The molecule has 0 radical (unpaired) electrons. The van der Waals surface area contributed by atoms with Gasteiger partial charge in [0, 0.05) is 18.5 Å². The van der Waals surface area contributed by atoms with Crippen LogP contribution in [-0.4, -0.2) is 16.8 Å². The summed E-state index contributed by atoms with van der Waals surface area (Å²) in [5.74, 6) is -0.621. The number of hydrogen-bond donors (Lipinski definition) is 2. The summed E-state index contributed by atoms with van der Waals surface area (Å²) < 4.78 is 0. The highest BCUT2D eigenvalue weighted by Gasteiger charge is 2.15. The second-order valence-corrected chi connectivity index (χ2v) is 3.93. The average molecular weight is 221 g/mol. The van der Waals surface area contributed by atoms with E-state index >= 15 is 0 Å². The summed E-state index contributed by atoms with van der Waals surface area (Å²) in [7, 11) is 0. The Kier molecular flexibility index (Phi) is 3.66. The largest absolute Gasteiger partial charge is 0.507 e. The van der Waals surface area contributed by atoms with Gasteiger partial charge in [0.2, 0.25) is 5.91 Å². The highest BCUT2D eigenvalue weighted by molar-refractivity contribution is 6.01. The van der Waals surface area contributed by atoms with Crippen LogP contribution in [0, 0.1) is 5.92 Å². The highest BCUT2D eigenvalue weighted by Crippen LogP contribution is 2.24. The SMILES string of the molecule is CC(=O)Nc1ccc(O)c(C(=O)C(C)C)c1. The fourth-order valence-corrected chi connectivity index (χ4v) is 1.33. The minimum atomic E-state index is -0.214. The van der Waals surface area contributed by atoms with Crippen LogP contribution in [0.4, 0.5) is 5.69 Å². The van der Waals surface area contributed by atoms with Crippen LogP contribution in [0.5, 0.6) is 5.75 Å². The minimum absolute atomic E-state index is 0.0622. The van der Waals surface area contributed by atoms with Gasteiger partial charge in [-0.05, 0) is 18.2 Å². The number of ketones is 1. The fraction of sp³-hybridized carbons (Fsp3) is 0.333. The van der Waals surface area contributed by atoms with Gasteiger partial charge in [0.1, 0.15) is 5.75 Å². The molecule has 1 aromatic rings. The zero-order chi connectivity index (χ0) is 12.3.